The van der Waals surface area contributed by atoms with Crippen molar-refractivity contribution in [2.45, 2.75) is 19.9 Å². The Labute approximate surface area is 119 Å². The number of benzene rings is 1. The number of thiophene rings is 1. The van der Waals surface area contributed by atoms with Crippen molar-refractivity contribution < 1.29 is 0 Å². The minimum atomic E-state index is 0.272. The van der Waals surface area contributed by atoms with Crippen molar-refractivity contribution in [2.24, 2.45) is 0 Å². The van der Waals surface area contributed by atoms with Gasteiger partial charge in [-0.15, -0.1) is 11.3 Å². The van der Waals surface area contributed by atoms with Gasteiger partial charge in [-0.1, -0.05) is 27.5 Å². The molecule has 0 saturated heterocycles. The van der Waals surface area contributed by atoms with Gasteiger partial charge in [0.25, 0.3) is 0 Å². The SMILES string of the molecule is Cc1ccsc1C(C)Nc1ccc(Br)cc1Cl. The van der Waals surface area contributed by atoms with Crippen molar-refractivity contribution in [1.29, 1.82) is 0 Å². The highest BCUT2D eigenvalue weighted by molar-refractivity contribution is 9.10. The van der Waals surface area contributed by atoms with E-state index in [1.54, 1.807) is 11.3 Å². The molecule has 0 aliphatic rings. The summed E-state index contributed by atoms with van der Waals surface area (Å²) >= 11 is 11.4. The van der Waals surface area contributed by atoms with E-state index < -0.39 is 0 Å². The predicted octanol–water partition coefficient (Wildman–Crippen LogP) is 5.65. The second kappa shape index (κ2) is 5.42. The maximum absolute atomic E-state index is 6.19. The highest BCUT2D eigenvalue weighted by Crippen LogP contribution is 2.31. The third-order valence-corrected chi connectivity index (χ3v) is 4.61. The fraction of sp³-hybridized carbons (Fsp3) is 0.231. The summed E-state index contributed by atoms with van der Waals surface area (Å²) in [5, 5.41) is 6.29. The summed E-state index contributed by atoms with van der Waals surface area (Å²) in [6.07, 6.45) is 0. The zero-order valence-corrected chi connectivity index (χ0v) is 12.8. The third-order valence-electron chi connectivity index (χ3n) is 2.60. The number of aryl methyl sites for hydroxylation is 1. The molecule has 1 heterocycles. The van der Waals surface area contributed by atoms with Crippen molar-refractivity contribution in [1.82, 2.24) is 0 Å². The molecule has 0 fully saturated rings. The van der Waals surface area contributed by atoms with Gasteiger partial charge in [-0.3, -0.25) is 0 Å². The summed E-state index contributed by atoms with van der Waals surface area (Å²) in [4.78, 5) is 1.35. The van der Waals surface area contributed by atoms with Gasteiger partial charge in [0.2, 0.25) is 0 Å². The normalized spacial score (nSPS) is 12.5. The Balaban J connectivity index is 2.19. The lowest BCUT2D eigenvalue weighted by Gasteiger charge is -2.16. The first-order valence-corrected chi connectivity index (χ1v) is 7.38. The zero-order chi connectivity index (χ0) is 12.4. The van der Waals surface area contributed by atoms with Gasteiger partial charge in [-0.25, -0.2) is 0 Å². The topological polar surface area (TPSA) is 12.0 Å². The minimum Gasteiger partial charge on any atom is -0.376 e. The van der Waals surface area contributed by atoms with Crippen LogP contribution in [-0.2, 0) is 0 Å². The first kappa shape index (κ1) is 12.9. The molecule has 2 aromatic rings. The minimum absolute atomic E-state index is 0.272. The maximum Gasteiger partial charge on any atom is 0.0648 e. The molecule has 0 bridgehead atoms. The molecule has 0 aliphatic carbocycles. The van der Waals surface area contributed by atoms with Crippen LogP contribution in [0.4, 0.5) is 5.69 Å². The summed E-state index contributed by atoms with van der Waals surface area (Å²) in [5.74, 6) is 0. The van der Waals surface area contributed by atoms with E-state index in [-0.39, 0.29) is 6.04 Å². The molecule has 0 aliphatic heterocycles. The van der Waals surface area contributed by atoms with Crippen LogP contribution in [0.15, 0.2) is 34.1 Å². The monoisotopic (exact) mass is 329 g/mol. The molecule has 1 aromatic carbocycles. The summed E-state index contributed by atoms with van der Waals surface area (Å²) in [6.45, 7) is 4.28. The molecule has 0 spiro atoms. The molecular formula is C13H13BrClNS. The van der Waals surface area contributed by atoms with E-state index in [2.05, 4.69) is 46.5 Å². The average molecular weight is 331 g/mol. The van der Waals surface area contributed by atoms with E-state index in [1.165, 1.54) is 10.4 Å². The average Bonchev–Trinajstić information content (AvgIpc) is 2.68. The quantitative estimate of drug-likeness (QED) is 0.767. The highest BCUT2D eigenvalue weighted by atomic mass is 79.9. The Kier molecular flexibility index (Phi) is 4.13. The number of hydrogen-bond acceptors (Lipinski definition) is 2. The van der Waals surface area contributed by atoms with Crippen LogP contribution in [-0.4, -0.2) is 0 Å². The highest BCUT2D eigenvalue weighted by Gasteiger charge is 2.11. The number of nitrogens with one attached hydrogen (secondary N) is 1. The van der Waals surface area contributed by atoms with E-state index in [0.717, 1.165) is 15.2 Å². The molecule has 2 rings (SSSR count). The Morgan fingerprint density at radius 2 is 2.12 bits per heavy atom. The van der Waals surface area contributed by atoms with Gasteiger partial charge >= 0.3 is 0 Å². The Morgan fingerprint density at radius 1 is 1.35 bits per heavy atom. The van der Waals surface area contributed by atoms with E-state index in [9.17, 15) is 0 Å². The molecule has 90 valence electrons. The third kappa shape index (κ3) is 3.03. The van der Waals surface area contributed by atoms with Crippen LogP contribution >= 0.6 is 38.9 Å². The van der Waals surface area contributed by atoms with Gasteiger partial charge in [-0.2, -0.15) is 0 Å². The molecule has 0 radical (unpaired) electrons. The van der Waals surface area contributed by atoms with E-state index in [1.807, 2.05) is 18.2 Å². The molecule has 1 aromatic heterocycles. The van der Waals surface area contributed by atoms with Crippen molar-refractivity contribution in [3.8, 4) is 0 Å². The fourth-order valence-electron chi connectivity index (χ4n) is 1.73. The van der Waals surface area contributed by atoms with Gasteiger partial charge in [0.15, 0.2) is 0 Å². The largest absolute Gasteiger partial charge is 0.376 e. The van der Waals surface area contributed by atoms with Gasteiger partial charge in [-0.05, 0) is 49.1 Å². The lowest BCUT2D eigenvalue weighted by atomic mass is 10.2. The first-order valence-electron chi connectivity index (χ1n) is 5.33. The molecule has 1 nitrogen and oxygen atoms in total. The summed E-state index contributed by atoms with van der Waals surface area (Å²) in [5.41, 5.74) is 2.29. The van der Waals surface area contributed by atoms with Crippen molar-refractivity contribution >= 4 is 44.6 Å². The van der Waals surface area contributed by atoms with Crippen LogP contribution < -0.4 is 5.32 Å². The molecular weight excluding hydrogens is 318 g/mol. The smallest absolute Gasteiger partial charge is 0.0648 e. The molecule has 0 amide bonds. The Hall–Kier alpha value is -0.510. The van der Waals surface area contributed by atoms with E-state index >= 15 is 0 Å². The lowest BCUT2D eigenvalue weighted by Crippen LogP contribution is -2.06. The fourth-order valence-corrected chi connectivity index (χ4v) is 3.40. The molecule has 1 unspecified atom stereocenters. The van der Waals surface area contributed by atoms with Crippen molar-refractivity contribution in [2.75, 3.05) is 5.32 Å². The van der Waals surface area contributed by atoms with Crippen LogP contribution in [0.3, 0.4) is 0 Å². The standard InChI is InChI=1S/C13H13BrClNS/c1-8-5-6-17-13(8)9(2)16-12-4-3-10(14)7-11(12)15/h3-7,9,16H,1-2H3. The number of rotatable bonds is 3. The second-order valence-corrected chi connectivity index (χ2v) is 6.23. The zero-order valence-electron chi connectivity index (χ0n) is 9.63. The summed E-state index contributed by atoms with van der Waals surface area (Å²) < 4.78 is 0.994. The summed E-state index contributed by atoms with van der Waals surface area (Å²) in [6, 6.07) is 8.29. The van der Waals surface area contributed by atoms with E-state index in [0.29, 0.717) is 0 Å². The second-order valence-electron chi connectivity index (χ2n) is 3.96. The van der Waals surface area contributed by atoms with Crippen LogP contribution in [0.5, 0.6) is 0 Å². The van der Waals surface area contributed by atoms with Crippen molar-refractivity contribution in [3.05, 3.63) is 49.6 Å². The molecule has 17 heavy (non-hydrogen) atoms. The molecule has 4 heteroatoms. The van der Waals surface area contributed by atoms with Gasteiger partial charge in [0.05, 0.1) is 16.8 Å². The number of hydrogen-bond donors (Lipinski definition) is 1. The van der Waals surface area contributed by atoms with Crippen LogP contribution in [0.1, 0.15) is 23.4 Å². The Morgan fingerprint density at radius 3 is 2.71 bits per heavy atom. The summed E-state index contributed by atoms with van der Waals surface area (Å²) in [7, 11) is 0. The van der Waals surface area contributed by atoms with Crippen LogP contribution in [0, 0.1) is 6.92 Å². The lowest BCUT2D eigenvalue weighted by molar-refractivity contribution is 0.899. The van der Waals surface area contributed by atoms with Gasteiger partial charge < -0.3 is 5.32 Å². The first-order chi connectivity index (χ1) is 8.08. The van der Waals surface area contributed by atoms with Gasteiger partial charge in [0.1, 0.15) is 0 Å². The van der Waals surface area contributed by atoms with E-state index in [4.69, 9.17) is 11.6 Å². The maximum atomic E-state index is 6.19. The molecule has 0 saturated carbocycles. The van der Waals surface area contributed by atoms with Gasteiger partial charge in [0, 0.05) is 9.35 Å². The Bertz CT molecular complexity index is 524. The molecule has 1 N–H and O–H groups in total. The van der Waals surface area contributed by atoms with Crippen molar-refractivity contribution in [3.63, 3.8) is 0 Å². The predicted molar refractivity (Wildman–Crippen MR) is 80.2 cm³/mol. The molecule has 1 atom stereocenters. The van der Waals surface area contributed by atoms with Crippen LogP contribution in [0.25, 0.3) is 0 Å². The number of halogens is 2. The van der Waals surface area contributed by atoms with Crippen LogP contribution in [0.2, 0.25) is 5.02 Å². The number of anilines is 1.